The molecule has 23 heavy (non-hydrogen) atoms. The van der Waals surface area contributed by atoms with Gasteiger partial charge in [-0.25, -0.2) is 0 Å². The van der Waals surface area contributed by atoms with Crippen molar-refractivity contribution in [2.24, 2.45) is 0 Å². The Balaban J connectivity index is 1.47. The van der Waals surface area contributed by atoms with E-state index in [1.807, 2.05) is 11.3 Å². The minimum Gasteiger partial charge on any atom is -0.351 e. The molecule has 3 nitrogen and oxygen atoms in total. The molecule has 2 N–H and O–H groups in total. The number of likely N-dealkylation sites (tertiary alicyclic amines) is 1. The van der Waals surface area contributed by atoms with Crippen LogP contribution in [-0.2, 0) is 11.2 Å². The predicted octanol–water partition coefficient (Wildman–Crippen LogP) is 2.14. The monoisotopic (exact) mass is 329 g/mol. The van der Waals surface area contributed by atoms with Gasteiger partial charge in [0.2, 0.25) is 0 Å². The minimum absolute atomic E-state index is 0.178. The Morgan fingerprint density at radius 1 is 1.30 bits per heavy atom. The zero-order chi connectivity index (χ0) is 16.1. The van der Waals surface area contributed by atoms with Gasteiger partial charge < -0.3 is 10.2 Å². The van der Waals surface area contributed by atoms with Gasteiger partial charge in [-0.05, 0) is 35.9 Å². The topological polar surface area (TPSA) is 33.5 Å². The quantitative estimate of drug-likeness (QED) is 0.836. The highest BCUT2D eigenvalue weighted by Gasteiger charge is 2.31. The Kier molecular flexibility index (Phi) is 5.47. The van der Waals surface area contributed by atoms with E-state index in [9.17, 15) is 4.79 Å². The number of quaternary nitrogens is 1. The molecule has 1 aliphatic rings. The predicted molar refractivity (Wildman–Crippen MR) is 94.9 cm³/mol. The molecule has 0 radical (unpaired) electrons. The van der Waals surface area contributed by atoms with Gasteiger partial charge in [0.15, 0.2) is 6.54 Å². The molecule has 4 heteroatoms. The minimum atomic E-state index is 0.178. The van der Waals surface area contributed by atoms with Gasteiger partial charge in [0.1, 0.15) is 6.04 Å². The summed E-state index contributed by atoms with van der Waals surface area (Å²) in [5.74, 6) is 0.178. The van der Waals surface area contributed by atoms with Crippen molar-refractivity contribution >= 4 is 17.2 Å². The molecule has 1 fully saturated rings. The maximum Gasteiger partial charge on any atom is 0.275 e. The number of amides is 1. The van der Waals surface area contributed by atoms with Crippen molar-refractivity contribution in [1.82, 2.24) is 5.32 Å². The Morgan fingerprint density at radius 3 is 2.96 bits per heavy atom. The van der Waals surface area contributed by atoms with E-state index in [1.54, 1.807) is 0 Å². The molecule has 0 aliphatic carbocycles. The number of rotatable bonds is 6. The standard InChI is InChI=1S/C19H24N2OS/c1-15-6-2-3-7-16(15)10-11-20-19(22)14-21-12-4-8-17(21)18-9-5-13-23-18/h2-3,5-7,9,13,17H,4,8,10-12,14H2,1H3,(H,20,22)/p+1/t17-/m0/s1. The molecule has 1 unspecified atom stereocenters. The molecule has 1 amide bonds. The van der Waals surface area contributed by atoms with Crippen molar-refractivity contribution < 1.29 is 9.69 Å². The van der Waals surface area contributed by atoms with E-state index in [0.717, 1.165) is 19.5 Å². The first-order chi connectivity index (χ1) is 11.2. The number of carbonyl (C=O) groups excluding carboxylic acids is 1. The molecule has 2 aromatic rings. The number of hydrogen-bond donors (Lipinski definition) is 2. The van der Waals surface area contributed by atoms with Crippen LogP contribution in [0.4, 0.5) is 0 Å². The first kappa shape index (κ1) is 16.2. The fourth-order valence-electron chi connectivity index (χ4n) is 3.45. The van der Waals surface area contributed by atoms with Crippen LogP contribution in [0.15, 0.2) is 41.8 Å². The van der Waals surface area contributed by atoms with E-state index in [-0.39, 0.29) is 5.91 Å². The second-order valence-electron chi connectivity index (χ2n) is 6.32. The normalized spacial score (nSPS) is 20.6. The third-order valence-corrected chi connectivity index (χ3v) is 5.72. The smallest absolute Gasteiger partial charge is 0.275 e. The van der Waals surface area contributed by atoms with Crippen LogP contribution in [0.3, 0.4) is 0 Å². The van der Waals surface area contributed by atoms with Gasteiger partial charge in [0.05, 0.1) is 11.4 Å². The van der Waals surface area contributed by atoms with Crippen LogP contribution in [-0.4, -0.2) is 25.5 Å². The molecular formula is C19H25N2OS+. The van der Waals surface area contributed by atoms with Crippen molar-refractivity contribution in [2.45, 2.75) is 32.2 Å². The number of nitrogens with one attached hydrogen (secondary N) is 2. The van der Waals surface area contributed by atoms with Gasteiger partial charge in [-0.2, -0.15) is 0 Å². The van der Waals surface area contributed by atoms with Crippen molar-refractivity contribution in [2.75, 3.05) is 19.6 Å². The summed E-state index contributed by atoms with van der Waals surface area (Å²) < 4.78 is 0. The molecule has 3 rings (SSSR count). The Labute approximate surface area is 142 Å². The summed E-state index contributed by atoms with van der Waals surface area (Å²) in [4.78, 5) is 15.1. The maximum atomic E-state index is 12.3. The van der Waals surface area contributed by atoms with Crippen LogP contribution >= 0.6 is 11.3 Å². The third kappa shape index (κ3) is 4.21. The van der Waals surface area contributed by atoms with Crippen LogP contribution < -0.4 is 10.2 Å². The van der Waals surface area contributed by atoms with Crippen LogP contribution in [0.25, 0.3) is 0 Å². The zero-order valence-electron chi connectivity index (χ0n) is 13.7. The number of benzene rings is 1. The molecule has 2 heterocycles. The number of aryl methyl sites for hydroxylation is 1. The highest BCUT2D eigenvalue weighted by Crippen LogP contribution is 2.23. The molecule has 122 valence electrons. The molecule has 1 aliphatic heterocycles. The van der Waals surface area contributed by atoms with Gasteiger partial charge in [-0.15, -0.1) is 11.3 Å². The van der Waals surface area contributed by atoms with E-state index in [1.165, 1.54) is 33.7 Å². The SMILES string of the molecule is Cc1ccccc1CCNC(=O)C[NH+]1CCC[C@H]1c1cccs1. The van der Waals surface area contributed by atoms with Gasteiger partial charge in [-0.1, -0.05) is 30.3 Å². The molecule has 0 spiro atoms. The van der Waals surface area contributed by atoms with Gasteiger partial charge in [0.25, 0.3) is 5.91 Å². The van der Waals surface area contributed by atoms with Gasteiger partial charge in [0, 0.05) is 19.4 Å². The summed E-state index contributed by atoms with van der Waals surface area (Å²) in [5, 5.41) is 5.23. The lowest BCUT2D eigenvalue weighted by Gasteiger charge is -2.20. The second kappa shape index (κ2) is 7.75. The average Bonchev–Trinajstić information content (AvgIpc) is 3.20. The number of thiophene rings is 1. The Bertz CT molecular complexity index is 639. The van der Waals surface area contributed by atoms with Crippen molar-refractivity contribution in [1.29, 1.82) is 0 Å². The summed E-state index contributed by atoms with van der Waals surface area (Å²) in [6.07, 6.45) is 3.32. The molecule has 1 saturated heterocycles. The lowest BCUT2D eigenvalue weighted by molar-refractivity contribution is -0.910. The fraction of sp³-hybridized carbons (Fsp3) is 0.421. The van der Waals surface area contributed by atoms with E-state index in [2.05, 4.69) is 54.0 Å². The van der Waals surface area contributed by atoms with Crippen molar-refractivity contribution in [3.8, 4) is 0 Å². The Hall–Kier alpha value is -1.65. The van der Waals surface area contributed by atoms with Gasteiger partial charge in [-0.3, -0.25) is 4.79 Å². The molecular weight excluding hydrogens is 304 g/mol. The van der Waals surface area contributed by atoms with E-state index in [4.69, 9.17) is 0 Å². The third-order valence-electron chi connectivity index (χ3n) is 4.74. The summed E-state index contributed by atoms with van der Waals surface area (Å²) in [5.41, 5.74) is 2.61. The lowest BCUT2D eigenvalue weighted by atomic mass is 10.1. The molecule has 1 aromatic heterocycles. The summed E-state index contributed by atoms with van der Waals surface area (Å²) in [6.45, 7) is 4.54. The van der Waals surface area contributed by atoms with Crippen LogP contribution in [0.1, 0.15) is 34.9 Å². The van der Waals surface area contributed by atoms with Crippen molar-refractivity contribution in [3.05, 3.63) is 57.8 Å². The highest BCUT2D eigenvalue weighted by molar-refractivity contribution is 7.10. The first-order valence-electron chi connectivity index (χ1n) is 8.43. The van der Waals surface area contributed by atoms with Crippen molar-refractivity contribution in [3.63, 3.8) is 0 Å². The maximum absolute atomic E-state index is 12.3. The van der Waals surface area contributed by atoms with Crippen LogP contribution in [0, 0.1) is 6.92 Å². The molecule has 0 saturated carbocycles. The average molecular weight is 329 g/mol. The fourth-order valence-corrected chi connectivity index (χ4v) is 4.37. The molecule has 0 bridgehead atoms. The van der Waals surface area contributed by atoms with Crippen LogP contribution in [0.2, 0.25) is 0 Å². The van der Waals surface area contributed by atoms with Gasteiger partial charge >= 0.3 is 0 Å². The number of carbonyl (C=O) groups is 1. The second-order valence-corrected chi connectivity index (χ2v) is 7.30. The largest absolute Gasteiger partial charge is 0.351 e. The Morgan fingerprint density at radius 2 is 2.17 bits per heavy atom. The van der Waals surface area contributed by atoms with E-state index in [0.29, 0.717) is 12.6 Å². The van der Waals surface area contributed by atoms with Crippen LogP contribution in [0.5, 0.6) is 0 Å². The summed E-state index contributed by atoms with van der Waals surface area (Å²) >= 11 is 1.82. The number of hydrogen-bond acceptors (Lipinski definition) is 2. The van der Waals surface area contributed by atoms with E-state index >= 15 is 0 Å². The summed E-state index contributed by atoms with van der Waals surface area (Å²) in [7, 11) is 0. The molecule has 1 aromatic carbocycles. The van der Waals surface area contributed by atoms with E-state index < -0.39 is 0 Å². The first-order valence-corrected chi connectivity index (χ1v) is 9.31. The summed E-state index contributed by atoms with van der Waals surface area (Å²) in [6, 6.07) is 13.2. The zero-order valence-corrected chi connectivity index (χ0v) is 14.5. The molecule has 2 atom stereocenters. The highest BCUT2D eigenvalue weighted by atomic mass is 32.1. The lowest BCUT2D eigenvalue weighted by Crippen LogP contribution is -3.11.